The Hall–Kier alpha value is -0.570. The van der Waals surface area contributed by atoms with Gasteiger partial charge in [-0.05, 0) is 51.5 Å². The summed E-state index contributed by atoms with van der Waals surface area (Å²) in [5.74, 6) is 1.59. The third-order valence-corrected chi connectivity index (χ3v) is 4.22. The summed E-state index contributed by atoms with van der Waals surface area (Å²) in [6, 6.07) is 0. The van der Waals surface area contributed by atoms with Crippen molar-refractivity contribution in [3.05, 3.63) is 0 Å². The van der Waals surface area contributed by atoms with Crippen molar-refractivity contribution >= 4 is 5.97 Å². The molecule has 0 aromatic carbocycles. The Kier molecular flexibility index (Phi) is 3.53. The van der Waals surface area contributed by atoms with Crippen LogP contribution in [0, 0.1) is 11.8 Å². The zero-order valence-corrected chi connectivity index (χ0v) is 10.4. The molecule has 0 saturated heterocycles. The van der Waals surface area contributed by atoms with Crippen molar-refractivity contribution in [2.75, 3.05) is 13.7 Å². The largest absolute Gasteiger partial charge is 0.465 e. The fourth-order valence-electron chi connectivity index (χ4n) is 3.07. The second-order valence-electron chi connectivity index (χ2n) is 5.25. The van der Waals surface area contributed by atoms with Gasteiger partial charge in [-0.25, -0.2) is 0 Å². The smallest absolute Gasteiger partial charge is 0.326 e. The number of hydrogen-bond acceptors (Lipinski definition) is 3. The van der Waals surface area contributed by atoms with Crippen LogP contribution in [0.3, 0.4) is 0 Å². The molecule has 2 fully saturated rings. The van der Waals surface area contributed by atoms with Crippen LogP contribution in [-0.2, 0) is 9.53 Å². The number of carbonyl (C=O) groups excluding carboxylic acids is 1. The molecule has 0 heterocycles. The van der Waals surface area contributed by atoms with Crippen LogP contribution in [0.4, 0.5) is 0 Å². The van der Waals surface area contributed by atoms with Gasteiger partial charge in [0.1, 0.15) is 5.54 Å². The van der Waals surface area contributed by atoms with Gasteiger partial charge in [0.2, 0.25) is 0 Å². The summed E-state index contributed by atoms with van der Waals surface area (Å²) in [6.45, 7) is 2.36. The van der Waals surface area contributed by atoms with E-state index in [2.05, 4.69) is 5.32 Å². The predicted molar refractivity (Wildman–Crippen MR) is 63.1 cm³/mol. The molecule has 2 aliphatic rings. The maximum atomic E-state index is 12.1. The Labute approximate surface area is 97.9 Å². The third-order valence-electron chi connectivity index (χ3n) is 4.22. The van der Waals surface area contributed by atoms with Crippen molar-refractivity contribution < 1.29 is 9.53 Å². The number of hydrogen-bond donors (Lipinski definition) is 1. The first-order valence-corrected chi connectivity index (χ1v) is 6.58. The number of esters is 1. The highest BCUT2D eigenvalue weighted by atomic mass is 16.5. The van der Waals surface area contributed by atoms with Gasteiger partial charge < -0.3 is 10.1 Å². The summed E-state index contributed by atoms with van der Waals surface area (Å²) in [4.78, 5) is 12.1. The molecule has 2 saturated carbocycles. The van der Waals surface area contributed by atoms with Gasteiger partial charge in [0.25, 0.3) is 0 Å². The summed E-state index contributed by atoms with van der Waals surface area (Å²) in [5.41, 5.74) is -0.387. The fourth-order valence-corrected chi connectivity index (χ4v) is 3.07. The van der Waals surface area contributed by atoms with Crippen LogP contribution in [0.2, 0.25) is 0 Å². The van der Waals surface area contributed by atoms with E-state index in [4.69, 9.17) is 4.74 Å². The molecule has 1 N–H and O–H groups in total. The van der Waals surface area contributed by atoms with E-state index >= 15 is 0 Å². The summed E-state index contributed by atoms with van der Waals surface area (Å²) in [7, 11) is 1.90. The third kappa shape index (κ3) is 2.24. The van der Waals surface area contributed by atoms with Crippen LogP contribution in [-0.4, -0.2) is 25.2 Å². The van der Waals surface area contributed by atoms with Gasteiger partial charge in [-0.2, -0.15) is 0 Å². The normalized spacial score (nSPS) is 34.8. The van der Waals surface area contributed by atoms with Crippen molar-refractivity contribution in [2.24, 2.45) is 11.8 Å². The van der Waals surface area contributed by atoms with E-state index in [9.17, 15) is 4.79 Å². The molecule has 2 atom stereocenters. The standard InChI is InChI=1S/C13H23NO2/c1-3-16-12(15)13(14-2)8-4-5-11(9-13)10-6-7-10/h10-11,14H,3-9H2,1-2H3. The molecule has 3 nitrogen and oxygen atoms in total. The lowest BCUT2D eigenvalue weighted by molar-refractivity contribution is -0.153. The van der Waals surface area contributed by atoms with Gasteiger partial charge in [-0.15, -0.1) is 0 Å². The molecule has 16 heavy (non-hydrogen) atoms. The minimum atomic E-state index is -0.387. The van der Waals surface area contributed by atoms with Crippen LogP contribution < -0.4 is 5.32 Å². The maximum absolute atomic E-state index is 12.1. The summed E-state index contributed by atoms with van der Waals surface area (Å²) in [6.07, 6.45) is 7.10. The van der Waals surface area contributed by atoms with Crippen LogP contribution >= 0.6 is 0 Å². The molecule has 2 unspecified atom stereocenters. The number of likely N-dealkylation sites (N-methyl/N-ethyl adjacent to an activating group) is 1. The Morgan fingerprint density at radius 1 is 1.38 bits per heavy atom. The summed E-state index contributed by atoms with van der Waals surface area (Å²) in [5, 5.41) is 3.24. The van der Waals surface area contributed by atoms with E-state index in [1.165, 1.54) is 19.3 Å². The van der Waals surface area contributed by atoms with Crippen molar-refractivity contribution in [3.8, 4) is 0 Å². The minimum absolute atomic E-state index is 0.0390. The first-order chi connectivity index (χ1) is 7.72. The highest BCUT2D eigenvalue weighted by Gasteiger charge is 2.46. The molecule has 92 valence electrons. The van der Waals surface area contributed by atoms with Crippen molar-refractivity contribution in [1.29, 1.82) is 0 Å². The van der Waals surface area contributed by atoms with E-state index in [1.54, 1.807) is 0 Å². The van der Waals surface area contributed by atoms with E-state index in [-0.39, 0.29) is 11.5 Å². The molecule has 2 aliphatic carbocycles. The molecule has 0 amide bonds. The second-order valence-corrected chi connectivity index (χ2v) is 5.25. The van der Waals surface area contributed by atoms with Gasteiger partial charge in [-0.1, -0.05) is 12.8 Å². The Morgan fingerprint density at radius 2 is 2.12 bits per heavy atom. The number of nitrogens with one attached hydrogen (secondary N) is 1. The number of carbonyl (C=O) groups is 1. The van der Waals surface area contributed by atoms with E-state index in [1.807, 2.05) is 14.0 Å². The minimum Gasteiger partial charge on any atom is -0.465 e. The molecule has 0 aromatic heterocycles. The van der Waals surface area contributed by atoms with Gasteiger partial charge in [-0.3, -0.25) is 4.79 Å². The predicted octanol–water partition coefficient (Wildman–Crippen LogP) is 2.11. The first kappa shape index (κ1) is 11.9. The Morgan fingerprint density at radius 3 is 2.69 bits per heavy atom. The lowest BCUT2D eigenvalue weighted by Crippen LogP contribution is -2.54. The highest BCUT2D eigenvalue weighted by molar-refractivity contribution is 5.81. The van der Waals surface area contributed by atoms with Crippen LogP contribution in [0.25, 0.3) is 0 Å². The molecule has 0 aromatic rings. The summed E-state index contributed by atoms with van der Waals surface area (Å²) < 4.78 is 5.22. The topological polar surface area (TPSA) is 38.3 Å². The average molecular weight is 225 g/mol. The maximum Gasteiger partial charge on any atom is 0.326 e. The quantitative estimate of drug-likeness (QED) is 0.745. The van der Waals surface area contributed by atoms with Crippen LogP contribution in [0.5, 0.6) is 0 Å². The average Bonchev–Trinajstić information content (AvgIpc) is 3.13. The molecular formula is C13H23NO2. The van der Waals surface area contributed by atoms with Crippen molar-refractivity contribution in [2.45, 2.75) is 51.0 Å². The van der Waals surface area contributed by atoms with E-state index in [0.717, 1.165) is 31.1 Å². The second kappa shape index (κ2) is 4.74. The van der Waals surface area contributed by atoms with Gasteiger partial charge >= 0.3 is 5.97 Å². The van der Waals surface area contributed by atoms with Crippen LogP contribution in [0.1, 0.15) is 45.4 Å². The van der Waals surface area contributed by atoms with Crippen molar-refractivity contribution in [1.82, 2.24) is 5.32 Å². The SMILES string of the molecule is CCOC(=O)C1(NC)CCCC(C2CC2)C1. The van der Waals surface area contributed by atoms with Gasteiger partial charge in [0.05, 0.1) is 6.61 Å². The lowest BCUT2D eigenvalue weighted by Gasteiger charge is -2.38. The van der Waals surface area contributed by atoms with Crippen molar-refractivity contribution in [3.63, 3.8) is 0 Å². The van der Waals surface area contributed by atoms with E-state index < -0.39 is 0 Å². The lowest BCUT2D eigenvalue weighted by atomic mass is 9.74. The number of ether oxygens (including phenoxy) is 1. The summed E-state index contributed by atoms with van der Waals surface area (Å²) >= 11 is 0. The zero-order valence-electron chi connectivity index (χ0n) is 10.4. The molecule has 3 heteroatoms. The number of rotatable bonds is 4. The molecule has 0 spiro atoms. The highest BCUT2D eigenvalue weighted by Crippen LogP contribution is 2.46. The van der Waals surface area contributed by atoms with Gasteiger partial charge in [0, 0.05) is 0 Å². The molecule has 0 radical (unpaired) electrons. The Balaban J connectivity index is 2.03. The zero-order chi connectivity index (χ0) is 11.6. The molecule has 0 bridgehead atoms. The fraction of sp³-hybridized carbons (Fsp3) is 0.923. The molecule has 2 rings (SSSR count). The monoisotopic (exact) mass is 225 g/mol. The molecular weight excluding hydrogens is 202 g/mol. The van der Waals surface area contributed by atoms with Crippen LogP contribution in [0.15, 0.2) is 0 Å². The van der Waals surface area contributed by atoms with Gasteiger partial charge in [0.15, 0.2) is 0 Å². The Bertz CT molecular complexity index is 263. The van der Waals surface area contributed by atoms with E-state index in [0.29, 0.717) is 6.61 Å². The molecule has 0 aliphatic heterocycles. The first-order valence-electron chi connectivity index (χ1n) is 6.58.